The lowest BCUT2D eigenvalue weighted by atomic mass is 10.1. The molecule has 0 fully saturated rings. The van der Waals surface area contributed by atoms with Crippen LogP contribution in [0.4, 0.5) is 0 Å². The Morgan fingerprint density at radius 2 is 2.21 bits per heavy atom. The van der Waals surface area contributed by atoms with Crippen molar-refractivity contribution in [2.45, 2.75) is 6.42 Å². The monoisotopic (exact) mass is 337 g/mol. The average Bonchev–Trinajstić information content (AvgIpc) is 2.74. The Balaban J connectivity index is 2.24. The fourth-order valence-electron chi connectivity index (χ4n) is 2.36. The average molecular weight is 339 g/mol. The highest BCUT2D eigenvalue weighted by Crippen LogP contribution is 2.39. The van der Waals surface area contributed by atoms with E-state index in [-0.39, 0.29) is 5.97 Å². The smallest absolute Gasteiger partial charge is 0.338 e. The highest BCUT2D eigenvalue weighted by atomic mass is 79.9. The van der Waals surface area contributed by atoms with Gasteiger partial charge in [-0.15, -0.1) is 0 Å². The molecule has 1 aromatic carbocycles. The van der Waals surface area contributed by atoms with E-state index in [0.717, 1.165) is 22.4 Å². The molecule has 3 nitrogen and oxygen atoms in total. The van der Waals surface area contributed by atoms with E-state index in [1.54, 1.807) is 6.07 Å². The Morgan fingerprint density at radius 1 is 1.42 bits per heavy atom. The fraction of sp³-hybridized carbons (Fsp3) is 0.143. The molecular weight excluding hydrogens is 330 g/mol. The maximum absolute atomic E-state index is 11.8. The first-order valence-electron chi connectivity index (χ1n) is 5.66. The normalized spacial score (nSPS) is 11.9. The molecule has 0 N–H and O–H groups in total. The van der Waals surface area contributed by atoms with Crippen LogP contribution in [0.5, 0.6) is 0 Å². The number of ether oxygens (including phenoxy) is 1. The van der Waals surface area contributed by atoms with Crippen molar-refractivity contribution in [3.05, 3.63) is 50.6 Å². The zero-order valence-corrected chi connectivity index (χ0v) is 12.4. The number of aromatic nitrogens is 1. The zero-order valence-electron chi connectivity index (χ0n) is 10.0. The van der Waals surface area contributed by atoms with E-state index in [1.165, 1.54) is 7.11 Å². The first-order chi connectivity index (χ1) is 9.10. The van der Waals surface area contributed by atoms with Gasteiger partial charge in [0.1, 0.15) is 4.60 Å². The predicted molar refractivity (Wildman–Crippen MR) is 76.5 cm³/mol. The number of benzene rings is 1. The Kier molecular flexibility index (Phi) is 3.07. The van der Waals surface area contributed by atoms with Gasteiger partial charge in [-0.25, -0.2) is 9.78 Å². The van der Waals surface area contributed by atoms with E-state index in [9.17, 15) is 4.79 Å². The summed E-state index contributed by atoms with van der Waals surface area (Å²) in [5.74, 6) is -0.349. The fourth-order valence-corrected chi connectivity index (χ4v) is 2.97. The number of hydrogen-bond donors (Lipinski definition) is 0. The second-order valence-corrected chi connectivity index (χ2v) is 5.54. The van der Waals surface area contributed by atoms with Gasteiger partial charge >= 0.3 is 5.97 Å². The van der Waals surface area contributed by atoms with Gasteiger partial charge in [0.05, 0.1) is 18.4 Å². The molecule has 2 aromatic rings. The summed E-state index contributed by atoms with van der Waals surface area (Å²) >= 11 is 9.34. The third-order valence-electron chi connectivity index (χ3n) is 3.19. The van der Waals surface area contributed by atoms with Crippen molar-refractivity contribution in [3.63, 3.8) is 0 Å². The lowest BCUT2D eigenvalue weighted by molar-refractivity contribution is 0.0599. The van der Waals surface area contributed by atoms with E-state index in [4.69, 9.17) is 16.3 Å². The minimum absolute atomic E-state index is 0.349. The molecule has 0 radical (unpaired) electrons. The summed E-state index contributed by atoms with van der Waals surface area (Å²) in [7, 11) is 1.38. The van der Waals surface area contributed by atoms with Crippen LogP contribution >= 0.6 is 27.5 Å². The van der Waals surface area contributed by atoms with Crippen molar-refractivity contribution in [1.82, 2.24) is 4.98 Å². The van der Waals surface area contributed by atoms with Gasteiger partial charge in [-0.1, -0.05) is 17.7 Å². The van der Waals surface area contributed by atoms with E-state index in [2.05, 4.69) is 20.9 Å². The number of pyridine rings is 1. The zero-order chi connectivity index (χ0) is 13.6. The summed E-state index contributed by atoms with van der Waals surface area (Å²) in [6.07, 6.45) is 0.649. The number of esters is 1. The standard InChI is InChI=1S/C14H9BrClNO2/c1-19-14(18)11-6-12(15)17-13-9-3-2-8(16)4-7(9)5-10(11)13/h2-4,6H,5H2,1H3. The molecular formula is C14H9BrClNO2. The number of methoxy groups -OCH3 is 1. The van der Waals surface area contributed by atoms with Crippen molar-refractivity contribution >= 4 is 33.5 Å². The maximum Gasteiger partial charge on any atom is 0.338 e. The Labute approximate surface area is 123 Å². The van der Waals surface area contributed by atoms with Crippen molar-refractivity contribution in [2.24, 2.45) is 0 Å². The van der Waals surface area contributed by atoms with E-state index < -0.39 is 0 Å². The molecule has 3 rings (SSSR count). The number of rotatable bonds is 1. The van der Waals surface area contributed by atoms with Gasteiger partial charge in [0, 0.05) is 17.0 Å². The minimum Gasteiger partial charge on any atom is -0.465 e. The highest BCUT2D eigenvalue weighted by molar-refractivity contribution is 9.10. The van der Waals surface area contributed by atoms with Gasteiger partial charge in [0.15, 0.2) is 0 Å². The first-order valence-corrected chi connectivity index (χ1v) is 6.84. The first kappa shape index (κ1) is 12.6. The maximum atomic E-state index is 11.8. The number of halogens is 2. The molecule has 0 amide bonds. The number of fused-ring (bicyclic) bond motifs is 3. The molecule has 0 unspecified atom stereocenters. The van der Waals surface area contributed by atoms with Gasteiger partial charge in [-0.2, -0.15) is 0 Å². The predicted octanol–water partition coefficient (Wildman–Crippen LogP) is 3.86. The molecule has 5 heteroatoms. The summed E-state index contributed by atoms with van der Waals surface area (Å²) in [6, 6.07) is 7.37. The van der Waals surface area contributed by atoms with Crippen LogP contribution in [0.15, 0.2) is 28.9 Å². The molecule has 0 aliphatic heterocycles. The molecule has 0 atom stereocenters. The summed E-state index contributed by atoms with van der Waals surface area (Å²) in [4.78, 5) is 16.3. The minimum atomic E-state index is -0.349. The van der Waals surface area contributed by atoms with Crippen molar-refractivity contribution < 1.29 is 9.53 Å². The van der Waals surface area contributed by atoms with Crippen molar-refractivity contribution in [2.75, 3.05) is 7.11 Å². The molecule has 1 heterocycles. The molecule has 1 aliphatic rings. The molecule has 1 aliphatic carbocycles. The second-order valence-electron chi connectivity index (χ2n) is 4.29. The molecule has 96 valence electrons. The Hall–Kier alpha value is -1.39. The van der Waals surface area contributed by atoms with Crippen LogP contribution < -0.4 is 0 Å². The topological polar surface area (TPSA) is 39.2 Å². The second kappa shape index (κ2) is 4.62. The van der Waals surface area contributed by atoms with E-state index in [0.29, 0.717) is 21.6 Å². The largest absolute Gasteiger partial charge is 0.465 e. The van der Waals surface area contributed by atoms with Gasteiger partial charge < -0.3 is 4.74 Å². The molecule has 0 saturated heterocycles. The van der Waals surface area contributed by atoms with E-state index in [1.807, 2.05) is 18.2 Å². The Bertz CT molecular complexity index is 700. The molecule has 0 spiro atoms. The van der Waals surface area contributed by atoms with Gasteiger partial charge in [0.2, 0.25) is 0 Å². The number of nitrogens with zero attached hydrogens (tertiary/aromatic N) is 1. The third-order valence-corrected chi connectivity index (χ3v) is 3.83. The number of hydrogen-bond acceptors (Lipinski definition) is 3. The van der Waals surface area contributed by atoms with Crippen LogP contribution in [0.2, 0.25) is 5.02 Å². The summed E-state index contributed by atoms with van der Waals surface area (Å²) in [6.45, 7) is 0. The SMILES string of the molecule is COC(=O)c1cc(Br)nc2c1Cc1cc(Cl)ccc1-2. The van der Waals surface area contributed by atoms with Crippen LogP contribution in [-0.2, 0) is 11.2 Å². The van der Waals surface area contributed by atoms with Gasteiger partial charge in [-0.05, 0) is 45.3 Å². The van der Waals surface area contributed by atoms with Crippen LogP contribution in [0.3, 0.4) is 0 Å². The van der Waals surface area contributed by atoms with Gasteiger partial charge in [0.25, 0.3) is 0 Å². The molecule has 0 bridgehead atoms. The number of carbonyl (C=O) groups is 1. The Morgan fingerprint density at radius 3 is 2.95 bits per heavy atom. The molecule has 1 aromatic heterocycles. The summed E-state index contributed by atoms with van der Waals surface area (Å²) in [5, 5.41) is 0.685. The lowest BCUT2D eigenvalue weighted by Crippen LogP contribution is -2.06. The highest BCUT2D eigenvalue weighted by Gasteiger charge is 2.26. The number of carbonyl (C=O) groups excluding carboxylic acids is 1. The van der Waals surface area contributed by atoms with Crippen LogP contribution in [0.1, 0.15) is 21.5 Å². The quantitative estimate of drug-likeness (QED) is 0.500. The summed E-state index contributed by atoms with van der Waals surface area (Å²) < 4.78 is 5.45. The molecule has 0 saturated carbocycles. The third kappa shape index (κ3) is 2.05. The van der Waals surface area contributed by atoms with Crippen molar-refractivity contribution in [1.29, 1.82) is 0 Å². The van der Waals surface area contributed by atoms with Crippen LogP contribution in [-0.4, -0.2) is 18.1 Å². The lowest BCUT2D eigenvalue weighted by Gasteiger charge is -2.06. The van der Waals surface area contributed by atoms with Crippen molar-refractivity contribution in [3.8, 4) is 11.3 Å². The summed E-state index contributed by atoms with van der Waals surface area (Å²) in [5.41, 5.74) is 4.37. The van der Waals surface area contributed by atoms with Gasteiger partial charge in [-0.3, -0.25) is 0 Å². The van der Waals surface area contributed by atoms with Crippen LogP contribution in [0, 0.1) is 0 Å². The molecule has 19 heavy (non-hydrogen) atoms. The van der Waals surface area contributed by atoms with Crippen LogP contribution in [0.25, 0.3) is 11.3 Å². The van der Waals surface area contributed by atoms with E-state index >= 15 is 0 Å².